The molecule has 1 unspecified atom stereocenters. The minimum absolute atomic E-state index is 0.0163. The highest BCUT2D eigenvalue weighted by Crippen LogP contribution is 2.21. The van der Waals surface area contributed by atoms with Crippen molar-refractivity contribution >= 4 is 27.5 Å². The Labute approximate surface area is 124 Å². The molecule has 1 aromatic rings. The molecule has 20 heavy (non-hydrogen) atoms. The van der Waals surface area contributed by atoms with Crippen molar-refractivity contribution < 1.29 is 13.2 Å². The molecule has 0 radical (unpaired) electrons. The molecule has 7 heteroatoms. The van der Waals surface area contributed by atoms with Crippen LogP contribution < -0.4 is 5.73 Å². The number of nitrogens with zero attached hydrogens (tertiary/aromatic N) is 1. The highest BCUT2D eigenvalue weighted by molar-refractivity contribution is 8.00. The van der Waals surface area contributed by atoms with E-state index in [1.807, 2.05) is 24.3 Å². The summed E-state index contributed by atoms with van der Waals surface area (Å²) < 4.78 is 31.1. The van der Waals surface area contributed by atoms with Crippen LogP contribution in [0.25, 0.3) is 0 Å². The van der Waals surface area contributed by atoms with Crippen molar-refractivity contribution in [1.29, 1.82) is 0 Å². The van der Waals surface area contributed by atoms with Gasteiger partial charge >= 0.3 is 0 Å². The minimum atomic E-state index is -3.22. The Hall–Kier alpha value is -0.760. The number of rotatable bonds is 6. The van der Waals surface area contributed by atoms with Crippen molar-refractivity contribution in [2.75, 3.05) is 37.5 Å². The smallest absolute Gasteiger partial charge is 0.215 e. The van der Waals surface area contributed by atoms with Crippen LogP contribution in [0.5, 0.6) is 0 Å². The Morgan fingerprint density at radius 1 is 1.50 bits per heavy atom. The first kappa shape index (κ1) is 15.6. The third-order valence-electron chi connectivity index (χ3n) is 3.33. The summed E-state index contributed by atoms with van der Waals surface area (Å²) in [6, 6.07) is 7.45. The monoisotopic (exact) mass is 316 g/mol. The van der Waals surface area contributed by atoms with Crippen LogP contribution in [-0.4, -0.2) is 50.5 Å². The predicted octanol–water partition coefficient (Wildman–Crippen LogP) is 1.41. The standard InChI is InChI=1S/C13H20N2O3S2/c1-15(12-5-6-18-10-12)20(16,17)8-7-19-13-4-2-3-11(14)9-13/h2-4,9,12H,5-8,10,14H2,1H3. The summed E-state index contributed by atoms with van der Waals surface area (Å²) in [5, 5.41) is 0. The van der Waals surface area contributed by atoms with E-state index < -0.39 is 10.0 Å². The molecule has 0 aromatic heterocycles. The van der Waals surface area contributed by atoms with Crippen molar-refractivity contribution in [2.24, 2.45) is 0 Å². The van der Waals surface area contributed by atoms with Gasteiger partial charge in [0.05, 0.1) is 18.4 Å². The summed E-state index contributed by atoms with van der Waals surface area (Å²) in [5.74, 6) is 0.642. The Morgan fingerprint density at radius 3 is 2.95 bits per heavy atom. The number of nitrogen functional groups attached to an aromatic ring is 1. The molecule has 1 saturated heterocycles. The largest absolute Gasteiger partial charge is 0.399 e. The summed E-state index contributed by atoms with van der Waals surface area (Å²) in [6.07, 6.45) is 0.776. The van der Waals surface area contributed by atoms with E-state index in [1.165, 1.54) is 16.1 Å². The van der Waals surface area contributed by atoms with Crippen LogP contribution in [0.15, 0.2) is 29.2 Å². The lowest BCUT2D eigenvalue weighted by Gasteiger charge is -2.22. The fourth-order valence-electron chi connectivity index (χ4n) is 2.05. The van der Waals surface area contributed by atoms with Crippen molar-refractivity contribution in [3.05, 3.63) is 24.3 Å². The Bertz CT molecular complexity index is 542. The van der Waals surface area contributed by atoms with E-state index in [2.05, 4.69) is 0 Å². The van der Waals surface area contributed by atoms with E-state index >= 15 is 0 Å². The minimum Gasteiger partial charge on any atom is -0.399 e. The van der Waals surface area contributed by atoms with E-state index in [-0.39, 0.29) is 11.8 Å². The van der Waals surface area contributed by atoms with Crippen LogP contribution in [0.4, 0.5) is 5.69 Å². The SMILES string of the molecule is CN(C1CCOC1)S(=O)(=O)CCSc1cccc(N)c1. The second-order valence-corrected chi connectivity index (χ2v) is 8.09. The van der Waals surface area contributed by atoms with E-state index in [0.717, 1.165) is 11.3 Å². The fraction of sp³-hybridized carbons (Fsp3) is 0.538. The van der Waals surface area contributed by atoms with Gasteiger partial charge in [-0.1, -0.05) is 6.07 Å². The molecule has 1 fully saturated rings. The zero-order valence-corrected chi connectivity index (χ0v) is 13.1. The number of anilines is 1. The molecule has 0 aliphatic carbocycles. The molecular formula is C13H20N2O3S2. The van der Waals surface area contributed by atoms with Gasteiger partial charge in [0.15, 0.2) is 0 Å². The lowest BCUT2D eigenvalue weighted by Crippen LogP contribution is -2.39. The maximum absolute atomic E-state index is 12.2. The van der Waals surface area contributed by atoms with Crippen LogP contribution in [0.2, 0.25) is 0 Å². The van der Waals surface area contributed by atoms with Crippen LogP contribution in [0.3, 0.4) is 0 Å². The average molecular weight is 316 g/mol. The Kier molecular flexibility index (Phi) is 5.31. The zero-order chi connectivity index (χ0) is 14.6. The number of nitrogens with two attached hydrogens (primary N) is 1. The molecule has 0 bridgehead atoms. The van der Waals surface area contributed by atoms with Crippen molar-refractivity contribution in [2.45, 2.75) is 17.4 Å². The number of thioether (sulfide) groups is 1. The van der Waals surface area contributed by atoms with Crippen LogP contribution in [0, 0.1) is 0 Å². The molecular weight excluding hydrogens is 296 g/mol. The van der Waals surface area contributed by atoms with Gasteiger partial charge in [-0.25, -0.2) is 8.42 Å². The first-order chi connectivity index (χ1) is 9.49. The van der Waals surface area contributed by atoms with Crippen LogP contribution >= 0.6 is 11.8 Å². The molecule has 2 rings (SSSR count). The summed E-state index contributed by atoms with van der Waals surface area (Å²) in [5.41, 5.74) is 6.39. The number of hydrogen-bond donors (Lipinski definition) is 1. The molecule has 2 N–H and O–H groups in total. The quantitative estimate of drug-likeness (QED) is 0.634. The van der Waals surface area contributed by atoms with Gasteiger partial charge < -0.3 is 10.5 Å². The van der Waals surface area contributed by atoms with E-state index in [9.17, 15) is 8.42 Å². The van der Waals surface area contributed by atoms with Crippen molar-refractivity contribution in [3.63, 3.8) is 0 Å². The summed E-state index contributed by atoms with van der Waals surface area (Å²) >= 11 is 1.50. The van der Waals surface area contributed by atoms with Gasteiger partial charge in [-0.3, -0.25) is 0 Å². The molecule has 1 atom stereocenters. The molecule has 5 nitrogen and oxygen atoms in total. The Balaban J connectivity index is 1.86. The van der Waals surface area contributed by atoms with Gasteiger partial charge in [0.2, 0.25) is 10.0 Å². The predicted molar refractivity (Wildman–Crippen MR) is 82.4 cm³/mol. The molecule has 0 amide bonds. The Morgan fingerprint density at radius 2 is 2.30 bits per heavy atom. The number of hydrogen-bond acceptors (Lipinski definition) is 5. The first-order valence-corrected chi connectivity index (χ1v) is 9.10. The maximum atomic E-state index is 12.2. The van der Waals surface area contributed by atoms with Crippen molar-refractivity contribution in [3.8, 4) is 0 Å². The molecule has 0 saturated carbocycles. The zero-order valence-electron chi connectivity index (χ0n) is 11.5. The van der Waals surface area contributed by atoms with Gasteiger partial charge in [-0.05, 0) is 24.6 Å². The second-order valence-electron chi connectivity index (χ2n) is 4.77. The number of ether oxygens (including phenoxy) is 1. The lowest BCUT2D eigenvalue weighted by molar-refractivity contribution is 0.181. The highest BCUT2D eigenvalue weighted by Gasteiger charge is 2.28. The average Bonchev–Trinajstić information content (AvgIpc) is 2.91. The normalized spacial score (nSPS) is 19.6. The van der Waals surface area contributed by atoms with E-state index in [4.69, 9.17) is 10.5 Å². The number of benzene rings is 1. The number of sulfonamides is 1. The summed E-state index contributed by atoms with van der Waals surface area (Å²) in [6.45, 7) is 1.14. The maximum Gasteiger partial charge on any atom is 0.215 e. The third kappa shape index (κ3) is 4.12. The van der Waals surface area contributed by atoms with Gasteiger partial charge in [0, 0.05) is 30.0 Å². The van der Waals surface area contributed by atoms with Crippen LogP contribution in [-0.2, 0) is 14.8 Å². The van der Waals surface area contributed by atoms with E-state index in [1.54, 1.807) is 7.05 Å². The second kappa shape index (κ2) is 6.80. The van der Waals surface area contributed by atoms with Gasteiger partial charge in [-0.15, -0.1) is 11.8 Å². The fourth-order valence-corrected chi connectivity index (χ4v) is 4.76. The van der Waals surface area contributed by atoms with Crippen LogP contribution in [0.1, 0.15) is 6.42 Å². The topological polar surface area (TPSA) is 72.6 Å². The van der Waals surface area contributed by atoms with E-state index in [0.29, 0.717) is 24.7 Å². The van der Waals surface area contributed by atoms with Gasteiger partial charge in [0.25, 0.3) is 0 Å². The highest BCUT2D eigenvalue weighted by atomic mass is 32.2. The van der Waals surface area contributed by atoms with Crippen molar-refractivity contribution in [1.82, 2.24) is 4.31 Å². The van der Waals surface area contributed by atoms with Gasteiger partial charge in [0.1, 0.15) is 0 Å². The van der Waals surface area contributed by atoms with Gasteiger partial charge in [-0.2, -0.15) is 4.31 Å². The molecule has 1 aliphatic rings. The molecule has 1 aliphatic heterocycles. The molecule has 1 heterocycles. The summed E-state index contributed by atoms with van der Waals surface area (Å²) in [4.78, 5) is 0.993. The molecule has 112 valence electrons. The number of likely N-dealkylation sites (N-methyl/N-ethyl adjacent to an activating group) is 1. The molecule has 1 aromatic carbocycles. The molecule has 0 spiro atoms. The summed E-state index contributed by atoms with van der Waals surface area (Å²) in [7, 11) is -1.58. The lowest BCUT2D eigenvalue weighted by atomic mass is 10.3. The first-order valence-electron chi connectivity index (χ1n) is 6.51. The third-order valence-corrected chi connectivity index (χ3v) is 6.48.